The molecule has 0 aromatic carbocycles. The molecule has 0 saturated heterocycles. The summed E-state index contributed by atoms with van der Waals surface area (Å²) in [4.78, 5) is 14.4. The van der Waals surface area contributed by atoms with Crippen LogP contribution in [0, 0.1) is 0 Å². The number of nitrogens with zero attached hydrogens (tertiary/aromatic N) is 3. The minimum absolute atomic E-state index is 0.0664. The van der Waals surface area contributed by atoms with Crippen molar-refractivity contribution in [2.24, 2.45) is 5.10 Å². The van der Waals surface area contributed by atoms with Gasteiger partial charge in [0, 0.05) is 5.38 Å². The number of hydrogen-bond acceptors (Lipinski definition) is 7. The van der Waals surface area contributed by atoms with E-state index in [4.69, 9.17) is 9.52 Å². The van der Waals surface area contributed by atoms with Crippen LogP contribution in [0.4, 0.5) is 18.3 Å². The molecular formula is C14H10F3N3O4S. The zero-order chi connectivity index (χ0) is 18.2. The zero-order valence-corrected chi connectivity index (χ0v) is 13.1. The Kier molecular flexibility index (Phi) is 4.13. The fourth-order valence-electron chi connectivity index (χ4n) is 2.11. The minimum Gasteiger partial charge on any atom is -0.476 e. The molecule has 132 valence electrons. The molecule has 0 amide bonds. The molecule has 0 saturated carbocycles. The third-order valence-corrected chi connectivity index (χ3v) is 4.15. The third kappa shape index (κ3) is 3.15. The van der Waals surface area contributed by atoms with Crippen LogP contribution in [0.3, 0.4) is 0 Å². The lowest BCUT2D eigenvalue weighted by molar-refractivity contribution is -0.254. The van der Waals surface area contributed by atoms with Gasteiger partial charge in [-0.05, 0) is 24.3 Å². The van der Waals surface area contributed by atoms with Crippen LogP contribution in [-0.2, 0) is 0 Å². The lowest BCUT2D eigenvalue weighted by atomic mass is 10.1. The molecule has 0 aliphatic carbocycles. The Labute approximate surface area is 142 Å². The highest BCUT2D eigenvalue weighted by atomic mass is 32.1. The number of rotatable bonds is 4. The Hall–Kier alpha value is -2.66. The predicted octanol–water partition coefficient (Wildman–Crippen LogP) is 2.96. The van der Waals surface area contributed by atoms with Crippen molar-refractivity contribution < 1.29 is 32.6 Å². The quantitative estimate of drug-likeness (QED) is 0.855. The normalized spacial score (nSPS) is 21.1. The van der Waals surface area contributed by atoms with E-state index in [2.05, 4.69) is 10.1 Å². The number of halogens is 3. The minimum atomic E-state index is -5.04. The van der Waals surface area contributed by atoms with Crippen LogP contribution in [0.15, 0.2) is 39.4 Å². The van der Waals surface area contributed by atoms with Gasteiger partial charge in [0.1, 0.15) is 5.76 Å². The van der Waals surface area contributed by atoms with Gasteiger partial charge in [-0.15, -0.1) is 11.3 Å². The summed E-state index contributed by atoms with van der Waals surface area (Å²) in [7, 11) is 0. The number of thiazole rings is 1. The summed E-state index contributed by atoms with van der Waals surface area (Å²) in [5, 5.41) is 23.8. The average molecular weight is 373 g/mol. The first kappa shape index (κ1) is 17.2. The topological polar surface area (TPSA) is 99.2 Å². The molecular weight excluding hydrogens is 363 g/mol. The molecule has 1 aliphatic heterocycles. The highest BCUT2D eigenvalue weighted by molar-refractivity contribution is 7.14. The van der Waals surface area contributed by atoms with E-state index in [9.17, 15) is 23.1 Å². The second kappa shape index (κ2) is 6.01. The fraction of sp³-hybridized carbons (Fsp3) is 0.214. The first-order valence-electron chi connectivity index (χ1n) is 6.78. The summed E-state index contributed by atoms with van der Waals surface area (Å²) in [6, 6.07) is 3.21. The number of alkyl halides is 3. The van der Waals surface area contributed by atoms with Gasteiger partial charge in [0.15, 0.2) is 5.69 Å². The van der Waals surface area contributed by atoms with Crippen molar-refractivity contribution in [1.29, 1.82) is 0 Å². The molecule has 2 aromatic rings. The Bertz CT molecular complexity index is 844. The summed E-state index contributed by atoms with van der Waals surface area (Å²) in [5.41, 5.74) is -3.81. The highest BCUT2D eigenvalue weighted by Crippen LogP contribution is 2.43. The number of aliphatic hydroxyl groups is 1. The molecule has 3 heterocycles. The average Bonchev–Trinajstić information content (AvgIpc) is 3.24. The van der Waals surface area contributed by atoms with Crippen molar-refractivity contribution in [2.45, 2.75) is 18.3 Å². The highest BCUT2D eigenvalue weighted by Gasteiger charge is 2.62. The number of aromatic nitrogens is 1. The van der Waals surface area contributed by atoms with E-state index in [1.165, 1.54) is 18.4 Å². The summed E-state index contributed by atoms with van der Waals surface area (Å²) >= 11 is 0.636. The number of allylic oxidation sites excluding steroid dienone is 1. The maximum absolute atomic E-state index is 13.4. The number of carboxylic acids is 1. The fourth-order valence-corrected chi connectivity index (χ4v) is 2.93. The molecule has 3 rings (SSSR count). The maximum atomic E-state index is 13.4. The van der Waals surface area contributed by atoms with Gasteiger partial charge >= 0.3 is 12.1 Å². The molecule has 0 spiro atoms. The number of aromatic carboxylic acids is 1. The lowest BCUT2D eigenvalue weighted by Gasteiger charge is -2.32. The molecule has 1 atom stereocenters. The standard InChI is InChI=1S/C14H10F3N3O4S/c15-14(16,17)13(23)6-8(3-4-9-2-1-5-24-9)19-20(13)12-18-10(7-25-12)11(21)22/h1-5,7,23H,6H2,(H,21,22)/b4-3+/t13-/m1/s1. The Morgan fingerprint density at radius 1 is 1.44 bits per heavy atom. The Morgan fingerprint density at radius 3 is 2.76 bits per heavy atom. The molecule has 2 aromatic heterocycles. The molecule has 0 bridgehead atoms. The number of hydrazone groups is 1. The van der Waals surface area contributed by atoms with Crippen molar-refractivity contribution in [2.75, 3.05) is 5.01 Å². The van der Waals surface area contributed by atoms with Crippen molar-refractivity contribution in [3.8, 4) is 0 Å². The Morgan fingerprint density at radius 2 is 2.20 bits per heavy atom. The summed E-state index contributed by atoms with van der Waals surface area (Å²) in [6.45, 7) is 0. The van der Waals surface area contributed by atoms with Crippen molar-refractivity contribution in [3.05, 3.63) is 41.3 Å². The van der Waals surface area contributed by atoms with Gasteiger partial charge in [0.25, 0.3) is 5.72 Å². The van der Waals surface area contributed by atoms with Gasteiger partial charge in [-0.25, -0.2) is 9.78 Å². The van der Waals surface area contributed by atoms with Gasteiger partial charge in [0.05, 0.1) is 18.4 Å². The van der Waals surface area contributed by atoms with Crippen LogP contribution >= 0.6 is 11.3 Å². The van der Waals surface area contributed by atoms with Crippen LogP contribution in [0.2, 0.25) is 0 Å². The van der Waals surface area contributed by atoms with E-state index in [1.807, 2.05) is 0 Å². The van der Waals surface area contributed by atoms with Gasteiger partial charge < -0.3 is 14.6 Å². The molecule has 0 unspecified atom stereocenters. The first-order valence-corrected chi connectivity index (χ1v) is 7.66. The van der Waals surface area contributed by atoms with Crippen molar-refractivity contribution >= 4 is 34.2 Å². The molecule has 11 heteroatoms. The molecule has 0 radical (unpaired) electrons. The molecule has 25 heavy (non-hydrogen) atoms. The van der Waals surface area contributed by atoms with Crippen LogP contribution in [0.1, 0.15) is 22.7 Å². The number of carbonyl (C=O) groups is 1. The second-order valence-electron chi connectivity index (χ2n) is 5.06. The first-order chi connectivity index (χ1) is 11.7. The largest absolute Gasteiger partial charge is 0.476 e. The Balaban J connectivity index is 1.96. The van der Waals surface area contributed by atoms with Gasteiger partial charge in [0.2, 0.25) is 5.13 Å². The van der Waals surface area contributed by atoms with Crippen molar-refractivity contribution in [1.82, 2.24) is 4.98 Å². The summed E-state index contributed by atoms with van der Waals surface area (Å²) in [6.07, 6.45) is -1.79. The van der Waals surface area contributed by atoms with E-state index in [0.29, 0.717) is 22.1 Å². The number of anilines is 1. The van der Waals surface area contributed by atoms with Crippen molar-refractivity contribution in [3.63, 3.8) is 0 Å². The van der Waals surface area contributed by atoms with Gasteiger partial charge in [-0.2, -0.15) is 23.3 Å². The summed E-state index contributed by atoms with van der Waals surface area (Å²) in [5.74, 6) is -0.988. The van der Waals surface area contributed by atoms with E-state index in [1.54, 1.807) is 12.1 Å². The SMILES string of the molecule is O=C(O)c1csc(N2N=C(/C=C/c3ccco3)C[C@@]2(O)C(F)(F)F)n1. The van der Waals surface area contributed by atoms with Crippen LogP contribution < -0.4 is 5.01 Å². The maximum Gasteiger partial charge on any atom is 0.438 e. The number of hydrogen-bond donors (Lipinski definition) is 2. The number of carboxylic acid groups (broad SMARTS) is 1. The molecule has 0 fully saturated rings. The van der Waals surface area contributed by atoms with Crippen LogP contribution in [0.5, 0.6) is 0 Å². The van der Waals surface area contributed by atoms with Gasteiger partial charge in [-0.3, -0.25) is 0 Å². The molecule has 1 aliphatic rings. The molecule has 2 N–H and O–H groups in total. The van der Waals surface area contributed by atoms with E-state index in [-0.39, 0.29) is 10.8 Å². The third-order valence-electron chi connectivity index (χ3n) is 3.34. The van der Waals surface area contributed by atoms with Crippen LogP contribution in [-0.4, -0.2) is 38.8 Å². The smallest absolute Gasteiger partial charge is 0.438 e. The predicted molar refractivity (Wildman–Crippen MR) is 82.4 cm³/mol. The second-order valence-corrected chi connectivity index (χ2v) is 5.90. The van der Waals surface area contributed by atoms with Crippen LogP contribution in [0.25, 0.3) is 6.08 Å². The van der Waals surface area contributed by atoms with E-state index >= 15 is 0 Å². The molecule has 7 nitrogen and oxygen atoms in total. The summed E-state index contributed by atoms with van der Waals surface area (Å²) < 4.78 is 45.2. The zero-order valence-electron chi connectivity index (χ0n) is 12.3. The van der Waals surface area contributed by atoms with E-state index < -0.39 is 30.0 Å². The lowest BCUT2D eigenvalue weighted by Crippen LogP contribution is -2.55. The number of furan rings is 1. The van der Waals surface area contributed by atoms with E-state index in [0.717, 1.165) is 5.38 Å². The van der Waals surface area contributed by atoms with Gasteiger partial charge in [-0.1, -0.05) is 0 Å². The monoisotopic (exact) mass is 373 g/mol.